The first kappa shape index (κ1) is 14.5. The monoisotopic (exact) mass is 259 g/mol. The second kappa shape index (κ2) is 5.00. The van der Waals surface area contributed by atoms with Gasteiger partial charge in [-0.15, -0.1) is 0 Å². The van der Waals surface area contributed by atoms with E-state index in [9.17, 15) is 18.0 Å². The van der Waals surface area contributed by atoms with Crippen molar-refractivity contribution in [1.82, 2.24) is 0 Å². The van der Waals surface area contributed by atoms with Gasteiger partial charge in [-0.05, 0) is 25.5 Å². The Morgan fingerprint density at radius 1 is 1.22 bits per heavy atom. The maximum absolute atomic E-state index is 12.4. The van der Waals surface area contributed by atoms with Gasteiger partial charge in [-0.3, -0.25) is 0 Å². The number of hydrogen-bond donors (Lipinski definition) is 0. The first-order chi connectivity index (χ1) is 8.17. The number of aldehydes is 1. The molecule has 0 amide bonds. The number of nitrogens with zero attached hydrogens (tertiary/aromatic N) is 1. The molecule has 1 aromatic rings. The van der Waals surface area contributed by atoms with Crippen molar-refractivity contribution in [2.24, 2.45) is 0 Å². The fraction of sp³-hybridized carbons (Fsp3) is 0.462. The van der Waals surface area contributed by atoms with Crippen LogP contribution < -0.4 is 4.90 Å². The van der Waals surface area contributed by atoms with Gasteiger partial charge in [0.15, 0.2) is 0 Å². The number of halogens is 3. The standard InChI is InChI=1S/C13H16F3NO/c1-12(2,9-18)10-6-4-5-7-11(10)17(3)8-13(14,15)16/h4-7,9H,8H2,1-3H3. The molecule has 0 saturated carbocycles. The van der Waals surface area contributed by atoms with Gasteiger partial charge in [0.05, 0.1) is 0 Å². The number of carbonyl (C=O) groups is 1. The lowest BCUT2D eigenvalue weighted by Gasteiger charge is -2.28. The molecule has 18 heavy (non-hydrogen) atoms. The van der Waals surface area contributed by atoms with Gasteiger partial charge in [0.25, 0.3) is 0 Å². The van der Waals surface area contributed by atoms with Crippen LogP contribution in [0.2, 0.25) is 0 Å². The minimum absolute atomic E-state index is 0.423. The largest absolute Gasteiger partial charge is 0.405 e. The van der Waals surface area contributed by atoms with Gasteiger partial charge < -0.3 is 9.69 Å². The van der Waals surface area contributed by atoms with Gasteiger partial charge in [0, 0.05) is 18.2 Å². The highest BCUT2D eigenvalue weighted by Crippen LogP contribution is 2.31. The van der Waals surface area contributed by atoms with E-state index in [0.717, 1.165) is 11.2 Å². The highest BCUT2D eigenvalue weighted by Gasteiger charge is 2.31. The molecule has 0 saturated heterocycles. The molecule has 0 heterocycles. The molecule has 100 valence electrons. The Balaban J connectivity index is 3.14. The molecule has 0 aliphatic heterocycles. The summed E-state index contributed by atoms with van der Waals surface area (Å²) in [5.74, 6) is 0. The molecule has 0 aliphatic rings. The molecule has 0 unspecified atom stereocenters. The van der Waals surface area contributed by atoms with E-state index in [1.807, 2.05) is 0 Å². The zero-order valence-corrected chi connectivity index (χ0v) is 10.6. The molecule has 0 spiro atoms. The fourth-order valence-electron chi connectivity index (χ4n) is 1.77. The van der Waals surface area contributed by atoms with Crippen LogP contribution in [-0.4, -0.2) is 26.1 Å². The summed E-state index contributed by atoms with van der Waals surface area (Å²) in [7, 11) is 1.37. The van der Waals surface area contributed by atoms with Crippen molar-refractivity contribution in [2.75, 3.05) is 18.5 Å². The molecule has 0 N–H and O–H groups in total. The number of anilines is 1. The summed E-state index contributed by atoms with van der Waals surface area (Å²) in [5.41, 5.74) is 0.204. The number of hydrogen-bond acceptors (Lipinski definition) is 2. The van der Waals surface area contributed by atoms with Crippen LogP contribution in [-0.2, 0) is 10.2 Å². The van der Waals surface area contributed by atoms with Crippen molar-refractivity contribution in [1.29, 1.82) is 0 Å². The predicted molar refractivity (Wildman–Crippen MR) is 64.9 cm³/mol. The third-order valence-corrected chi connectivity index (χ3v) is 2.72. The molecule has 1 rings (SSSR count). The summed E-state index contributed by atoms with van der Waals surface area (Å²) in [6.07, 6.45) is -3.53. The van der Waals surface area contributed by atoms with E-state index in [-0.39, 0.29) is 0 Å². The molecule has 1 aromatic carbocycles. The first-order valence-electron chi connectivity index (χ1n) is 5.51. The molecule has 0 fully saturated rings. The lowest BCUT2D eigenvalue weighted by atomic mass is 9.85. The minimum Gasteiger partial charge on any atom is -0.365 e. The zero-order valence-electron chi connectivity index (χ0n) is 10.6. The Labute approximate surface area is 104 Å². The third-order valence-electron chi connectivity index (χ3n) is 2.72. The van der Waals surface area contributed by atoms with Gasteiger partial charge in [-0.25, -0.2) is 0 Å². The number of benzene rings is 1. The Bertz CT molecular complexity index is 426. The van der Waals surface area contributed by atoms with Gasteiger partial charge in [-0.2, -0.15) is 13.2 Å². The van der Waals surface area contributed by atoms with Crippen LogP contribution in [0.25, 0.3) is 0 Å². The van der Waals surface area contributed by atoms with E-state index in [2.05, 4.69) is 0 Å². The van der Waals surface area contributed by atoms with Crippen molar-refractivity contribution < 1.29 is 18.0 Å². The zero-order chi connectivity index (χ0) is 14.0. The van der Waals surface area contributed by atoms with Crippen molar-refractivity contribution in [3.05, 3.63) is 29.8 Å². The van der Waals surface area contributed by atoms with Crippen molar-refractivity contribution in [2.45, 2.75) is 25.4 Å². The average Bonchev–Trinajstić information content (AvgIpc) is 2.27. The van der Waals surface area contributed by atoms with Gasteiger partial charge >= 0.3 is 6.18 Å². The van der Waals surface area contributed by atoms with Gasteiger partial charge in [0.2, 0.25) is 0 Å². The van der Waals surface area contributed by atoms with Crippen LogP contribution >= 0.6 is 0 Å². The van der Waals surface area contributed by atoms with Crippen LogP contribution in [0.1, 0.15) is 19.4 Å². The summed E-state index contributed by atoms with van der Waals surface area (Å²) in [4.78, 5) is 12.2. The summed E-state index contributed by atoms with van der Waals surface area (Å²) in [6.45, 7) is 2.32. The molecule has 2 nitrogen and oxygen atoms in total. The number of rotatable bonds is 4. The minimum atomic E-state index is -4.27. The first-order valence-corrected chi connectivity index (χ1v) is 5.51. The Hall–Kier alpha value is -1.52. The molecule has 0 atom stereocenters. The lowest BCUT2D eigenvalue weighted by molar-refractivity contribution is -0.119. The highest BCUT2D eigenvalue weighted by molar-refractivity contribution is 5.73. The van der Waals surface area contributed by atoms with Crippen molar-refractivity contribution in [3.8, 4) is 0 Å². The van der Waals surface area contributed by atoms with E-state index in [0.29, 0.717) is 11.3 Å². The van der Waals surface area contributed by atoms with E-state index in [4.69, 9.17) is 0 Å². The molecule has 0 bridgehead atoms. The van der Waals surface area contributed by atoms with Crippen molar-refractivity contribution in [3.63, 3.8) is 0 Å². The maximum Gasteiger partial charge on any atom is 0.405 e. The molecule has 5 heteroatoms. The van der Waals surface area contributed by atoms with Crippen LogP contribution in [0.5, 0.6) is 0 Å². The van der Waals surface area contributed by atoms with E-state index in [1.165, 1.54) is 7.05 Å². The van der Waals surface area contributed by atoms with Crippen LogP contribution in [0.3, 0.4) is 0 Å². The molecule has 0 radical (unpaired) electrons. The molecule has 0 aromatic heterocycles. The molecule has 0 aliphatic carbocycles. The summed E-state index contributed by atoms with van der Waals surface area (Å²) in [6, 6.07) is 6.64. The second-order valence-corrected chi connectivity index (χ2v) is 4.83. The predicted octanol–water partition coefficient (Wildman–Crippen LogP) is 3.16. The van der Waals surface area contributed by atoms with E-state index >= 15 is 0 Å². The highest BCUT2D eigenvalue weighted by atomic mass is 19.4. The van der Waals surface area contributed by atoms with E-state index < -0.39 is 18.1 Å². The third kappa shape index (κ3) is 3.48. The topological polar surface area (TPSA) is 20.3 Å². The number of alkyl halides is 3. The van der Waals surface area contributed by atoms with Gasteiger partial charge in [-0.1, -0.05) is 18.2 Å². The maximum atomic E-state index is 12.4. The summed E-state index contributed by atoms with van der Waals surface area (Å²) >= 11 is 0. The summed E-state index contributed by atoms with van der Waals surface area (Å²) in [5, 5.41) is 0. The normalized spacial score (nSPS) is 12.3. The molecular weight excluding hydrogens is 243 g/mol. The molecular formula is C13H16F3NO. The average molecular weight is 259 g/mol. The van der Waals surface area contributed by atoms with E-state index in [1.54, 1.807) is 38.1 Å². The van der Waals surface area contributed by atoms with Crippen LogP contribution in [0, 0.1) is 0 Å². The lowest BCUT2D eigenvalue weighted by Crippen LogP contribution is -2.33. The second-order valence-electron chi connectivity index (χ2n) is 4.83. The van der Waals surface area contributed by atoms with Crippen LogP contribution in [0.4, 0.5) is 18.9 Å². The fourth-order valence-corrected chi connectivity index (χ4v) is 1.77. The Morgan fingerprint density at radius 3 is 2.28 bits per heavy atom. The number of para-hydroxylation sites is 1. The van der Waals surface area contributed by atoms with Crippen LogP contribution in [0.15, 0.2) is 24.3 Å². The quantitative estimate of drug-likeness (QED) is 0.774. The summed E-state index contributed by atoms with van der Waals surface area (Å²) < 4.78 is 37.2. The Kier molecular flexibility index (Phi) is 4.04. The van der Waals surface area contributed by atoms with Gasteiger partial charge in [0.1, 0.15) is 12.8 Å². The van der Waals surface area contributed by atoms with Crippen molar-refractivity contribution >= 4 is 12.0 Å². The Morgan fingerprint density at radius 2 is 1.78 bits per heavy atom. The smallest absolute Gasteiger partial charge is 0.365 e. The SMILES string of the molecule is CN(CC(F)(F)F)c1ccccc1C(C)(C)C=O. The number of carbonyl (C=O) groups excluding carboxylic acids is 1.